The number of allylic oxidation sites excluding steroid dienone is 6. The SMILES string of the molecule is CCC/C(=C\C(F)=C(C)C)C1=CC1. The van der Waals surface area contributed by atoms with Gasteiger partial charge in [0.05, 0.1) is 0 Å². The second kappa shape index (κ2) is 4.40. The topological polar surface area (TPSA) is 0 Å². The summed E-state index contributed by atoms with van der Waals surface area (Å²) < 4.78 is 13.3. The molecular weight excluding hydrogens is 163 g/mol. The van der Waals surface area contributed by atoms with Crippen molar-refractivity contribution in [3.05, 3.63) is 34.7 Å². The Balaban J connectivity index is 2.74. The van der Waals surface area contributed by atoms with E-state index >= 15 is 0 Å². The summed E-state index contributed by atoms with van der Waals surface area (Å²) in [6, 6.07) is 0. The van der Waals surface area contributed by atoms with Crippen molar-refractivity contribution in [3.8, 4) is 0 Å². The third-order valence-electron chi connectivity index (χ3n) is 2.12. The van der Waals surface area contributed by atoms with Crippen molar-refractivity contribution in [2.24, 2.45) is 0 Å². The van der Waals surface area contributed by atoms with Crippen LogP contribution in [0.3, 0.4) is 0 Å². The van der Waals surface area contributed by atoms with Crippen LogP contribution in [0.4, 0.5) is 4.39 Å². The lowest BCUT2D eigenvalue weighted by Crippen LogP contribution is -1.82. The van der Waals surface area contributed by atoms with Gasteiger partial charge in [0.25, 0.3) is 0 Å². The molecule has 0 aromatic rings. The van der Waals surface area contributed by atoms with Crippen LogP contribution in [-0.2, 0) is 0 Å². The Labute approximate surface area is 79.8 Å². The molecule has 0 unspecified atom stereocenters. The molecule has 13 heavy (non-hydrogen) atoms. The van der Waals surface area contributed by atoms with Gasteiger partial charge in [0.1, 0.15) is 5.83 Å². The van der Waals surface area contributed by atoms with Gasteiger partial charge in [-0.2, -0.15) is 0 Å². The van der Waals surface area contributed by atoms with Crippen LogP contribution < -0.4 is 0 Å². The summed E-state index contributed by atoms with van der Waals surface area (Å²) in [5.41, 5.74) is 3.27. The summed E-state index contributed by atoms with van der Waals surface area (Å²) in [6.45, 7) is 5.73. The zero-order valence-corrected chi connectivity index (χ0v) is 8.65. The second-order valence-electron chi connectivity index (χ2n) is 3.70. The van der Waals surface area contributed by atoms with E-state index in [1.807, 2.05) is 0 Å². The zero-order chi connectivity index (χ0) is 9.84. The van der Waals surface area contributed by atoms with Crippen molar-refractivity contribution in [2.45, 2.75) is 40.0 Å². The smallest absolute Gasteiger partial charge is 0.122 e. The molecule has 0 radical (unpaired) electrons. The minimum atomic E-state index is -0.0729. The third-order valence-corrected chi connectivity index (χ3v) is 2.12. The van der Waals surface area contributed by atoms with E-state index < -0.39 is 0 Å². The van der Waals surface area contributed by atoms with E-state index in [-0.39, 0.29) is 5.83 Å². The van der Waals surface area contributed by atoms with Gasteiger partial charge in [-0.1, -0.05) is 19.4 Å². The van der Waals surface area contributed by atoms with Gasteiger partial charge in [0.15, 0.2) is 0 Å². The van der Waals surface area contributed by atoms with Crippen LogP contribution >= 0.6 is 0 Å². The predicted molar refractivity (Wildman–Crippen MR) is 55.2 cm³/mol. The van der Waals surface area contributed by atoms with Crippen LogP contribution in [0.25, 0.3) is 0 Å². The third kappa shape index (κ3) is 3.17. The molecule has 1 rings (SSSR count). The summed E-state index contributed by atoms with van der Waals surface area (Å²) >= 11 is 0. The highest BCUT2D eigenvalue weighted by Gasteiger charge is 2.12. The second-order valence-corrected chi connectivity index (χ2v) is 3.70. The summed E-state index contributed by atoms with van der Waals surface area (Å²) in [4.78, 5) is 0. The molecule has 0 fully saturated rings. The van der Waals surface area contributed by atoms with E-state index in [0.717, 1.165) is 24.8 Å². The minimum absolute atomic E-state index is 0.0729. The van der Waals surface area contributed by atoms with Crippen molar-refractivity contribution in [3.63, 3.8) is 0 Å². The van der Waals surface area contributed by atoms with Crippen molar-refractivity contribution in [2.75, 3.05) is 0 Å². The Kier molecular flexibility index (Phi) is 3.47. The molecule has 0 N–H and O–H groups in total. The average Bonchev–Trinajstić information content (AvgIpc) is 2.85. The van der Waals surface area contributed by atoms with E-state index in [2.05, 4.69) is 13.0 Å². The average molecular weight is 180 g/mol. The van der Waals surface area contributed by atoms with Crippen molar-refractivity contribution < 1.29 is 4.39 Å². The molecule has 0 atom stereocenters. The summed E-state index contributed by atoms with van der Waals surface area (Å²) in [5, 5.41) is 0. The van der Waals surface area contributed by atoms with Crippen molar-refractivity contribution in [1.82, 2.24) is 0 Å². The lowest BCUT2D eigenvalue weighted by Gasteiger charge is -2.01. The molecule has 1 aliphatic rings. The molecule has 0 saturated carbocycles. The van der Waals surface area contributed by atoms with Crippen LogP contribution in [0.2, 0.25) is 0 Å². The van der Waals surface area contributed by atoms with Crippen molar-refractivity contribution in [1.29, 1.82) is 0 Å². The molecule has 72 valence electrons. The van der Waals surface area contributed by atoms with Crippen LogP contribution in [0, 0.1) is 0 Å². The van der Waals surface area contributed by atoms with Gasteiger partial charge in [-0.3, -0.25) is 0 Å². The highest BCUT2D eigenvalue weighted by Crippen LogP contribution is 2.31. The molecule has 0 aromatic carbocycles. The highest BCUT2D eigenvalue weighted by atomic mass is 19.1. The van der Waals surface area contributed by atoms with E-state index in [9.17, 15) is 4.39 Å². The Morgan fingerprint density at radius 2 is 2.15 bits per heavy atom. The molecule has 0 bridgehead atoms. The largest absolute Gasteiger partial charge is 0.207 e. The fraction of sp³-hybridized carbons (Fsp3) is 0.500. The summed E-state index contributed by atoms with van der Waals surface area (Å²) in [6.07, 6.45) is 6.98. The van der Waals surface area contributed by atoms with Gasteiger partial charge in [-0.15, -0.1) is 0 Å². The van der Waals surface area contributed by atoms with Crippen LogP contribution in [-0.4, -0.2) is 0 Å². The van der Waals surface area contributed by atoms with E-state index in [4.69, 9.17) is 0 Å². The van der Waals surface area contributed by atoms with E-state index in [0.29, 0.717) is 0 Å². The first kappa shape index (κ1) is 10.2. The fourth-order valence-corrected chi connectivity index (χ4v) is 1.21. The molecule has 1 heteroatoms. The number of rotatable bonds is 4. The molecule has 0 heterocycles. The molecule has 0 amide bonds. The number of hydrogen-bond acceptors (Lipinski definition) is 0. The quantitative estimate of drug-likeness (QED) is 0.565. The van der Waals surface area contributed by atoms with Crippen LogP contribution in [0.1, 0.15) is 40.0 Å². The summed E-state index contributed by atoms with van der Waals surface area (Å²) in [7, 11) is 0. The van der Waals surface area contributed by atoms with Gasteiger partial charge in [-0.25, -0.2) is 4.39 Å². The fourth-order valence-electron chi connectivity index (χ4n) is 1.21. The maximum absolute atomic E-state index is 13.3. The first-order chi connectivity index (χ1) is 6.15. The van der Waals surface area contributed by atoms with Crippen LogP contribution in [0.15, 0.2) is 34.7 Å². The highest BCUT2D eigenvalue weighted by molar-refractivity contribution is 5.45. The maximum Gasteiger partial charge on any atom is 0.122 e. The lowest BCUT2D eigenvalue weighted by atomic mass is 10.1. The molecule has 0 aliphatic heterocycles. The van der Waals surface area contributed by atoms with Gasteiger partial charge in [0, 0.05) is 0 Å². The van der Waals surface area contributed by atoms with Crippen molar-refractivity contribution >= 4 is 0 Å². The Morgan fingerprint density at radius 3 is 2.54 bits per heavy atom. The van der Waals surface area contributed by atoms with E-state index in [1.54, 1.807) is 19.9 Å². The molecule has 0 spiro atoms. The molecule has 0 saturated heterocycles. The minimum Gasteiger partial charge on any atom is -0.207 e. The Hall–Kier alpha value is -0.850. The molecule has 0 nitrogen and oxygen atoms in total. The van der Waals surface area contributed by atoms with Gasteiger partial charge >= 0.3 is 0 Å². The van der Waals surface area contributed by atoms with Gasteiger partial charge in [-0.05, 0) is 49.5 Å². The molecular formula is C12H17F. The van der Waals surface area contributed by atoms with Crippen LogP contribution in [0.5, 0.6) is 0 Å². The number of hydrogen-bond donors (Lipinski definition) is 0. The standard InChI is InChI=1S/C12H17F/c1-4-5-11(10-6-7-10)8-12(13)9(2)3/h6,8H,4-5,7H2,1-3H3/b11-8+. The normalized spacial score (nSPS) is 15.4. The molecule has 0 aromatic heterocycles. The lowest BCUT2D eigenvalue weighted by molar-refractivity contribution is 0.651. The maximum atomic E-state index is 13.3. The first-order valence-corrected chi connectivity index (χ1v) is 4.88. The first-order valence-electron chi connectivity index (χ1n) is 4.88. The monoisotopic (exact) mass is 180 g/mol. The summed E-state index contributed by atoms with van der Waals surface area (Å²) in [5.74, 6) is -0.0729. The van der Waals surface area contributed by atoms with Gasteiger partial charge in [0.2, 0.25) is 0 Å². The molecule has 1 aliphatic carbocycles. The number of halogens is 1. The Bertz CT molecular complexity index is 275. The predicted octanol–water partition coefficient (Wildman–Crippen LogP) is 4.31. The zero-order valence-electron chi connectivity index (χ0n) is 8.65. The Morgan fingerprint density at radius 1 is 1.54 bits per heavy atom. The van der Waals surface area contributed by atoms with E-state index in [1.165, 1.54) is 11.1 Å². The van der Waals surface area contributed by atoms with Gasteiger partial charge < -0.3 is 0 Å².